The molecule has 74 valence electrons. The standard InChI is InChI=1S/C9H9ClN2OS/c1-9(2)8(13)11-5-3-4-6(10)12-7(5)14-9/h3-4H,1-2H3,(H,11,13). The smallest absolute Gasteiger partial charge is 0.240 e. The van der Waals surface area contributed by atoms with E-state index in [1.54, 1.807) is 12.1 Å². The lowest BCUT2D eigenvalue weighted by Crippen LogP contribution is -2.37. The van der Waals surface area contributed by atoms with Crippen molar-refractivity contribution in [3.8, 4) is 0 Å². The predicted octanol–water partition coefficient (Wildman–Crippen LogP) is 2.56. The third-order valence-corrected chi connectivity index (χ3v) is 3.38. The molecule has 2 heterocycles. The number of aromatic nitrogens is 1. The Hall–Kier alpha value is -0.740. The Morgan fingerprint density at radius 3 is 2.93 bits per heavy atom. The van der Waals surface area contributed by atoms with E-state index in [4.69, 9.17) is 11.6 Å². The largest absolute Gasteiger partial charge is 0.323 e. The molecule has 0 radical (unpaired) electrons. The Kier molecular flexibility index (Phi) is 2.20. The van der Waals surface area contributed by atoms with Crippen molar-refractivity contribution >= 4 is 35.0 Å². The fraction of sp³-hybridized carbons (Fsp3) is 0.333. The minimum atomic E-state index is -0.481. The van der Waals surface area contributed by atoms with Gasteiger partial charge in [0.15, 0.2) is 0 Å². The number of amides is 1. The molecule has 2 rings (SSSR count). The Morgan fingerprint density at radius 1 is 1.50 bits per heavy atom. The third kappa shape index (κ3) is 1.60. The highest BCUT2D eigenvalue weighted by Crippen LogP contribution is 2.41. The number of anilines is 1. The normalized spacial score (nSPS) is 18.6. The van der Waals surface area contributed by atoms with Crippen LogP contribution in [0, 0.1) is 0 Å². The van der Waals surface area contributed by atoms with Gasteiger partial charge in [-0.15, -0.1) is 0 Å². The summed E-state index contributed by atoms with van der Waals surface area (Å²) in [7, 11) is 0. The van der Waals surface area contributed by atoms with Crippen molar-refractivity contribution in [1.82, 2.24) is 4.98 Å². The molecular weight excluding hydrogens is 220 g/mol. The summed E-state index contributed by atoms with van der Waals surface area (Å²) in [6, 6.07) is 3.43. The first-order valence-corrected chi connectivity index (χ1v) is 5.35. The predicted molar refractivity (Wildman–Crippen MR) is 57.8 cm³/mol. The quantitative estimate of drug-likeness (QED) is 0.694. The number of halogens is 1. The van der Waals surface area contributed by atoms with Crippen LogP contribution in [0.25, 0.3) is 0 Å². The van der Waals surface area contributed by atoms with Gasteiger partial charge in [0.1, 0.15) is 10.2 Å². The van der Waals surface area contributed by atoms with E-state index in [0.29, 0.717) is 5.15 Å². The van der Waals surface area contributed by atoms with E-state index >= 15 is 0 Å². The zero-order valence-corrected chi connectivity index (χ0v) is 9.37. The van der Waals surface area contributed by atoms with Crippen LogP contribution in [0.1, 0.15) is 13.8 Å². The number of pyridine rings is 1. The van der Waals surface area contributed by atoms with Gasteiger partial charge < -0.3 is 5.32 Å². The van der Waals surface area contributed by atoms with E-state index in [9.17, 15) is 4.79 Å². The minimum absolute atomic E-state index is 0.000813. The molecule has 1 aromatic heterocycles. The summed E-state index contributed by atoms with van der Waals surface area (Å²) in [4.78, 5) is 15.7. The second kappa shape index (κ2) is 3.14. The zero-order valence-electron chi connectivity index (χ0n) is 7.80. The van der Waals surface area contributed by atoms with Gasteiger partial charge in [-0.25, -0.2) is 4.98 Å². The van der Waals surface area contributed by atoms with Gasteiger partial charge in [-0.2, -0.15) is 0 Å². The first-order chi connectivity index (χ1) is 6.49. The number of thioether (sulfide) groups is 1. The average molecular weight is 229 g/mol. The van der Waals surface area contributed by atoms with Crippen LogP contribution in [0.3, 0.4) is 0 Å². The molecule has 1 aliphatic heterocycles. The summed E-state index contributed by atoms with van der Waals surface area (Å²) in [6.07, 6.45) is 0. The molecule has 3 nitrogen and oxygen atoms in total. The second-order valence-corrected chi connectivity index (χ2v) is 5.55. The van der Waals surface area contributed by atoms with Gasteiger partial charge >= 0.3 is 0 Å². The summed E-state index contributed by atoms with van der Waals surface area (Å²) in [5.41, 5.74) is 0.740. The average Bonchev–Trinajstić information content (AvgIpc) is 2.07. The molecule has 0 spiro atoms. The highest BCUT2D eigenvalue weighted by Gasteiger charge is 2.35. The maximum Gasteiger partial charge on any atom is 0.240 e. The van der Waals surface area contributed by atoms with Crippen molar-refractivity contribution in [1.29, 1.82) is 0 Å². The lowest BCUT2D eigenvalue weighted by atomic mass is 10.2. The molecule has 5 heteroatoms. The third-order valence-electron chi connectivity index (χ3n) is 1.97. The molecule has 0 saturated carbocycles. The molecule has 1 aromatic rings. The van der Waals surface area contributed by atoms with Gasteiger partial charge in [-0.1, -0.05) is 23.4 Å². The minimum Gasteiger partial charge on any atom is -0.323 e. The fourth-order valence-electron chi connectivity index (χ4n) is 1.15. The molecule has 0 aromatic carbocycles. The molecule has 14 heavy (non-hydrogen) atoms. The summed E-state index contributed by atoms with van der Waals surface area (Å²) in [6.45, 7) is 3.72. The number of carbonyl (C=O) groups excluding carboxylic acids is 1. The lowest BCUT2D eigenvalue weighted by molar-refractivity contribution is -0.117. The van der Waals surface area contributed by atoms with Crippen molar-refractivity contribution < 1.29 is 4.79 Å². The number of fused-ring (bicyclic) bond motifs is 1. The van der Waals surface area contributed by atoms with Gasteiger partial charge in [0.05, 0.1) is 10.4 Å². The molecule has 0 fully saturated rings. The number of carbonyl (C=O) groups is 1. The van der Waals surface area contributed by atoms with Crippen LogP contribution in [0.4, 0.5) is 5.69 Å². The van der Waals surface area contributed by atoms with Gasteiger partial charge in [0.2, 0.25) is 5.91 Å². The van der Waals surface area contributed by atoms with E-state index in [2.05, 4.69) is 10.3 Å². The topological polar surface area (TPSA) is 42.0 Å². The Balaban J connectivity index is 2.46. The molecule has 0 unspecified atom stereocenters. The van der Waals surface area contributed by atoms with Gasteiger partial charge in [0, 0.05) is 0 Å². The summed E-state index contributed by atoms with van der Waals surface area (Å²) < 4.78 is -0.481. The highest BCUT2D eigenvalue weighted by atomic mass is 35.5. The van der Waals surface area contributed by atoms with E-state index in [1.807, 2.05) is 13.8 Å². The number of rotatable bonds is 0. The van der Waals surface area contributed by atoms with Crippen LogP contribution in [0.5, 0.6) is 0 Å². The summed E-state index contributed by atoms with van der Waals surface area (Å²) in [5.74, 6) is -0.000813. The SMILES string of the molecule is CC1(C)Sc2nc(Cl)ccc2NC1=O. The molecular formula is C9H9ClN2OS. The van der Waals surface area contributed by atoms with Crippen molar-refractivity contribution in [2.24, 2.45) is 0 Å². The lowest BCUT2D eigenvalue weighted by Gasteiger charge is -2.28. The Bertz CT molecular complexity index is 406. The number of hydrogen-bond donors (Lipinski definition) is 1. The van der Waals surface area contributed by atoms with Gasteiger partial charge in [-0.3, -0.25) is 4.79 Å². The fourth-order valence-corrected chi connectivity index (χ4v) is 2.35. The van der Waals surface area contributed by atoms with Crippen LogP contribution < -0.4 is 5.32 Å². The number of nitrogens with one attached hydrogen (secondary N) is 1. The second-order valence-electron chi connectivity index (χ2n) is 3.55. The molecule has 1 aliphatic rings. The van der Waals surface area contributed by atoms with Crippen LogP contribution in [-0.4, -0.2) is 15.6 Å². The van der Waals surface area contributed by atoms with Crippen LogP contribution >= 0.6 is 23.4 Å². The van der Waals surface area contributed by atoms with Crippen LogP contribution in [-0.2, 0) is 4.79 Å². The summed E-state index contributed by atoms with van der Waals surface area (Å²) >= 11 is 7.20. The first kappa shape index (κ1) is 9.80. The van der Waals surface area contributed by atoms with Crippen molar-refractivity contribution in [3.63, 3.8) is 0 Å². The highest BCUT2D eigenvalue weighted by molar-refractivity contribution is 8.01. The molecule has 1 amide bonds. The summed E-state index contributed by atoms with van der Waals surface area (Å²) in [5, 5.41) is 4.02. The number of hydrogen-bond acceptors (Lipinski definition) is 3. The van der Waals surface area contributed by atoms with E-state index in [0.717, 1.165) is 10.7 Å². The molecule has 0 atom stereocenters. The van der Waals surface area contributed by atoms with Crippen molar-refractivity contribution in [2.45, 2.75) is 23.6 Å². The van der Waals surface area contributed by atoms with Crippen molar-refractivity contribution in [3.05, 3.63) is 17.3 Å². The monoisotopic (exact) mass is 228 g/mol. The van der Waals surface area contributed by atoms with Crippen LogP contribution in [0.2, 0.25) is 5.15 Å². The van der Waals surface area contributed by atoms with E-state index in [-0.39, 0.29) is 5.91 Å². The maximum atomic E-state index is 11.6. The van der Waals surface area contributed by atoms with Crippen LogP contribution in [0.15, 0.2) is 17.2 Å². The van der Waals surface area contributed by atoms with E-state index < -0.39 is 4.75 Å². The zero-order chi connectivity index (χ0) is 10.3. The number of nitrogens with zero attached hydrogens (tertiary/aromatic N) is 1. The Morgan fingerprint density at radius 2 is 2.21 bits per heavy atom. The first-order valence-electron chi connectivity index (χ1n) is 4.16. The van der Waals surface area contributed by atoms with E-state index in [1.165, 1.54) is 11.8 Å². The molecule has 1 N–H and O–H groups in total. The van der Waals surface area contributed by atoms with Gasteiger partial charge in [0.25, 0.3) is 0 Å². The molecule has 0 bridgehead atoms. The molecule has 0 aliphatic carbocycles. The Labute approximate surface area is 91.2 Å². The van der Waals surface area contributed by atoms with Gasteiger partial charge in [-0.05, 0) is 26.0 Å². The molecule has 0 saturated heterocycles. The van der Waals surface area contributed by atoms with Crippen molar-refractivity contribution in [2.75, 3.05) is 5.32 Å². The maximum absolute atomic E-state index is 11.6.